The number of benzene rings is 1. The van der Waals surface area contributed by atoms with Crippen molar-refractivity contribution in [3.05, 3.63) is 34.1 Å². The average molecular weight is 330 g/mol. The molecule has 1 N–H and O–H groups in total. The molecule has 1 aliphatic rings. The van der Waals surface area contributed by atoms with Gasteiger partial charge in [-0.05, 0) is 43.9 Å². The van der Waals surface area contributed by atoms with Gasteiger partial charge in [0.05, 0.1) is 0 Å². The Labute approximate surface area is 120 Å². The topological polar surface area (TPSA) is 40.5 Å². The first-order valence-electron chi connectivity index (χ1n) is 6.39. The van der Waals surface area contributed by atoms with E-state index in [1.807, 2.05) is 6.92 Å². The first-order chi connectivity index (χ1) is 9.01. The first-order valence-corrected chi connectivity index (χ1v) is 7.18. The van der Waals surface area contributed by atoms with E-state index in [1.54, 1.807) is 11.0 Å². The minimum absolute atomic E-state index is 0.0867. The summed E-state index contributed by atoms with van der Waals surface area (Å²) < 4.78 is 13.9. The van der Waals surface area contributed by atoms with Crippen molar-refractivity contribution in [2.24, 2.45) is 5.92 Å². The summed E-state index contributed by atoms with van der Waals surface area (Å²) in [4.78, 5) is 14.2. The van der Waals surface area contributed by atoms with Gasteiger partial charge in [-0.3, -0.25) is 4.79 Å². The summed E-state index contributed by atoms with van der Waals surface area (Å²) in [5, 5.41) is 9.23. The second kappa shape index (κ2) is 6.01. The van der Waals surface area contributed by atoms with E-state index in [4.69, 9.17) is 0 Å². The van der Waals surface area contributed by atoms with Gasteiger partial charge in [0.15, 0.2) is 0 Å². The molecule has 1 aromatic carbocycles. The highest BCUT2D eigenvalue weighted by atomic mass is 79.9. The molecule has 1 saturated heterocycles. The van der Waals surface area contributed by atoms with Crippen LogP contribution < -0.4 is 0 Å². The van der Waals surface area contributed by atoms with Crippen LogP contribution in [-0.4, -0.2) is 35.1 Å². The fourth-order valence-electron chi connectivity index (χ4n) is 2.46. The number of nitrogens with zero attached hydrogens (tertiary/aromatic N) is 1. The van der Waals surface area contributed by atoms with Crippen molar-refractivity contribution in [2.75, 3.05) is 13.2 Å². The molecule has 19 heavy (non-hydrogen) atoms. The maximum absolute atomic E-state index is 13.4. The third-order valence-corrected chi connectivity index (χ3v) is 4.07. The smallest absolute Gasteiger partial charge is 0.254 e. The molecule has 0 radical (unpaired) electrons. The minimum atomic E-state index is -0.430. The number of aliphatic hydroxyl groups excluding tert-OH is 1. The normalized spacial score (nSPS) is 23.5. The van der Waals surface area contributed by atoms with Crippen molar-refractivity contribution in [3.63, 3.8) is 0 Å². The van der Waals surface area contributed by atoms with Crippen molar-refractivity contribution >= 4 is 21.8 Å². The van der Waals surface area contributed by atoms with Crippen LogP contribution in [0.15, 0.2) is 22.7 Å². The van der Waals surface area contributed by atoms with Crippen molar-refractivity contribution in [1.82, 2.24) is 4.90 Å². The summed E-state index contributed by atoms with van der Waals surface area (Å²) in [7, 11) is 0. The molecule has 0 bridgehead atoms. The molecule has 2 atom stereocenters. The summed E-state index contributed by atoms with van der Waals surface area (Å²) >= 11 is 3.20. The highest BCUT2D eigenvalue weighted by Crippen LogP contribution is 2.24. The monoisotopic (exact) mass is 329 g/mol. The van der Waals surface area contributed by atoms with E-state index in [2.05, 4.69) is 15.9 Å². The SMILES string of the molecule is CC1CCC(CO)CN1C(=O)c1cc(F)cc(Br)c1. The van der Waals surface area contributed by atoms with E-state index in [0.29, 0.717) is 16.6 Å². The lowest BCUT2D eigenvalue weighted by Crippen LogP contribution is -2.46. The summed E-state index contributed by atoms with van der Waals surface area (Å²) in [6, 6.07) is 4.33. The molecule has 5 heteroatoms. The Hall–Kier alpha value is -0.940. The van der Waals surface area contributed by atoms with Gasteiger partial charge < -0.3 is 10.0 Å². The average Bonchev–Trinajstić information content (AvgIpc) is 2.37. The van der Waals surface area contributed by atoms with E-state index in [9.17, 15) is 14.3 Å². The molecular formula is C14H17BrFNO2. The number of piperidine rings is 1. The Balaban J connectivity index is 2.21. The fraction of sp³-hybridized carbons (Fsp3) is 0.500. The van der Waals surface area contributed by atoms with E-state index in [-0.39, 0.29) is 24.5 Å². The number of likely N-dealkylation sites (tertiary alicyclic amines) is 1. The van der Waals surface area contributed by atoms with Gasteiger partial charge in [-0.2, -0.15) is 0 Å². The second-order valence-electron chi connectivity index (χ2n) is 5.09. The minimum Gasteiger partial charge on any atom is -0.396 e. The number of aliphatic hydroxyl groups is 1. The molecule has 1 amide bonds. The van der Waals surface area contributed by atoms with Crippen LogP contribution in [0.3, 0.4) is 0 Å². The number of hydrogen-bond acceptors (Lipinski definition) is 2. The van der Waals surface area contributed by atoms with Crippen LogP contribution >= 0.6 is 15.9 Å². The molecule has 2 rings (SSSR count). The zero-order chi connectivity index (χ0) is 14.0. The van der Waals surface area contributed by atoms with E-state index >= 15 is 0 Å². The van der Waals surface area contributed by atoms with Crippen molar-refractivity contribution < 1.29 is 14.3 Å². The van der Waals surface area contributed by atoms with E-state index in [0.717, 1.165) is 12.8 Å². The molecule has 1 aliphatic heterocycles. The van der Waals surface area contributed by atoms with Crippen molar-refractivity contribution in [3.8, 4) is 0 Å². The number of halogens is 2. The standard InChI is InChI=1S/C14H17BrFNO2/c1-9-2-3-10(8-18)7-17(9)14(19)11-4-12(15)6-13(16)5-11/h4-6,9-10,18H,2-3,7-8H2,1H3. The maximum Gasteiger partial charge on any atom is 0.254 e. The Morgan fingerprint density at radius 1 is 1.47 bits per heavy atom. The Morgan fingerprint density at radius 2 is 2.21 bits per heavy atom. The number of carbonyl (C=O) groups excluding carboxylic acids is 1. The number of rotatable bonds is 2. The van der Waals surface area contributed by atoms with Gasteiger partial charge >= 0.3 is 0 Å². The van der Waals surface area contributed by atoms with Gasteiger partial charge in [0, 0.05) is 29.2 Å². The molecule has 1 aromatic rings. The van der Waals surface area contributed by atoms with Crippen LogP contribution in [0.25, 0.3) is 0 Å². The van der Waals surface area contributed by atoms with Crippen LogP contribution in [0.5, 0.6) is 0 Å². The van der Waals surface area contributed by atoms with Crippen LogP contribution in [0, 0.1) is 11.7 Å². The fourth-order valence-corrected chi connectivity index (χ4v) is 2.92. The van der Waals surface area contributed by atoms with Crippen LogP contribution in [0.2, 0.25) is 0 Å². The molecule has 0 aliphatic carbocycles. The van der Waals surface area contributed by atoms with E-state index < -0.39 is 5.82 Å². The third-order valence-electron chi connectivity index (χ3n) is 3.61. The summed E-state index contributed by atoms with van der Waals surface area (Å²) in [6.07, 6.45) is 1.79. The van der Waals surface area contributed by atoms with Crippen LogP contribution in [0.1, 0.15) is 30.1 Å². The molecule has 2 unspecified atom stereocenters. The summed E-state index contributed by atoms with van der Waals surface area (Å²) in [6.45, 7) is 2.60. The quantitative estimate of drug-likeness (QED) is 0.906. The largest absolute Gasteiger partial charge is 0.396 e. The second-order valence-corrected chi connectivity index (χ2v) is 6.01. The van der Waals surface area contributed by atoms with Gasteiger partial charge in [0.2, 0.25) is 0 Å². The van der Waals surface area contributed by atoms with Crippen LogP contribution in [0.4, 0.5) is 4.39 Å². The molecule has 0 spiro atoms. The molecule has 1 fully saturated rings. The highest BCUT2D eigenvalue weighted by Gasteiger charge is 2.29. The number of carbonyl (C=O) groups is 1. The Kier molecular flexibility index (Phi) is 4.58. The Bertz CT molecular complexity index is 460. The summed E-state index contributed by atoms with van der Waals surface area (Å²) in [5.74, 6) is -0.482. The van der Waals surface area contributed by atoms with Gasteiger partial charge in [0.1, 0.15) is 5.82 Å². The Morgan fingerprint density at radius 3 is 2.84 bits per heavy atom. The highest BCUT2D eigenvalue weighted by molar-refractivity contribution is 9.10. The van der Waals surface area contributed by atoms with Gasteiger partial charge in [-0.15, -0.1) is 0 Å². The lowest BCUT2D eigenvalue weighted by Gasteiger charge is -2.37. The molecule has 3 nitrogen and oxygen atoms in total. The lowest BCUT2D eigenvalue weighted by molar-refractivity contribution is 0.0488. The van der Waals surface area contributed by atoms with Gasteiger partial charge in [0.25, 0.3) is 5.91 Å². The summed E-state index contributed by atoms with van der Waals surface area (Å²) in [5.41, 5.74) is 0.345. The van der Waals surface area contributed by atoms with Gasteiger partial charge in [-0.25, -0.2) is 4.39 Å². The van der Waals surface area contributed by atoms with Gasteiger partial charge in [-0.1, -0.05) is 15.9 Å². The molecule has 0 aromatic heterocycles. The predicted molar refractivity (Wildman–Crippen MR) is 74.4 cm³/mol. The predicted octanol–water partition coefficient (Wildman–Crippen LogP) is 2.82. The molecule has 1 heterocycles. The van der Waals surface area contributed by atoms with Crippen molar-refractivity contribution in [1.29, 1.82) is 0 Å². The van der Waals surface area contributed by atoms with Crippen LogP contribution in [-0.2, 0) is 0 Å². The third kappa shape index (κ3) is 3.34. The molecular weight excluding hydrogens is 313 g/mol. The van der Waals surface area contributed by atoms with E-state index in [1.165, 1.54) is 12.1 Å². The zero-order valence-corrected chi connectivity index (χ0v) is 12.4. The first kappa shape index (κ1) is 14.5. The molecule has 0 saturated carbocycles. The van der Waals surface area contributed by atoms with Crippen molar-refractivity contribution in [2.45, 2.75) is 25.8 Å². The lowest BCUT2D eigenvalue weighted by atomic mass is 9.93. The molecule has 104 valence electrons. The zero-order valence-electron chi connectivity index (χ0n) is 10.8. The maximum atomic E-state index is 13.4. The number of hydrogen-bond donors (Lipinski definition) is 1. The number of amides is 1.